The SMILES string of the molecule is CN1C(=O)/C(=C\c2cc(Br)ccc2O)N(c2ccccc2)C1=S. The summed E-state index contributed by atoms with van der Waals surface area (Å²) in [6, 6.07) is 14.5. The van der Waals surface area contributed by atoms with E-state index < -0.39 is 0 Å². The minimum atomic E-state index is -0.210. The number of thiocarbonyl (C=S) groups is 1. The third-order valence-electron chi connectivity index (χ3n) is 3.54. The third-order valence-corrected chi connectivity index (χ3v) is 4.49. The molecule has 2 aromatic carbocycles. The molecule has 0 aromatic heterocycles. The monoisotopic (exact) mass is 388 g/mol. The normalized spacial score (nSPS) is 16.5. The van der Waals surface area contributed by atoms with Gasteiger partial charge in [0.2, 0.25) is 0 Å². The van der Waals surface area contributed by atoms with Gasteiger partial charge in [-0.3, -0.25) is 14.6 Å². The Bertz CT molecular complexity index is 821. The fraction of sp³-hybridized carbons (Fsp3) is 0.0588. The second kappa shape index (κ2) is 6.14. The lowest BCUT2D eigenvalue weighted by atomic mass is 10.1. The molecule has 0 unspecified atom stereocenters. The van der Waals surface area contributed by atoms with Crippen molar-refractivity contribution in [3.63, 3.8) is 0 Å². The van der Waals surface area contributed by atoms with E-state index >= 15 is 0 Å². The summed E-state index contributed by atoms with van der Waals surface area (Å²) < 4.78 is 0.815. The van der Waals surface area contributed by atoms with E-state index in [1.54, 1.807) is 36.2 Å². The fourth-order valence-corrected chi connectivity index (χ4v) is 3.01. The molecule has 1 fully saturated rings. The number of para-hydroxylation sites is 1. The van der Waals surface area contributed by atoms with Gasteiger partial charge in [0.25, 0.3) is 5.91 Å². The predicted octanol–water partition coefficient (Wildman–Crippen LogP) is 3.76. The van der Waals surface area contributed by atoms with Gasteiger partial charge in [-0.15, -0.1) is 0 Å². The summed E-state index contributed by atoms with van der Waals surface area (Å²) in [5.74, 6) is -0.111. The topological polar surface area (TPSA) is 43.8 Å². The predicted molar refractivity (Wildman–Crippen MR) is 98.1 cm³/mol. The maximum absolute atomic E-state index is 12.5. The van der Waals surface area contributed by atoms with Gasteiger partial charge >= 0.3 is 0 Å². The lowest BCUT2D eigenvalue weighted by molar-refractivity contribution is -0.121. The summed E-state index contributed by atoms with van der Waals surface area (Å²) in [5.41, 5.74) is 1.75. The van der Waals surface area contributed by atoms with Crippen LogP contribution in [0.4, 0.5) is 5.69 Å². The van der Waals surface area contributed by atoms with Crippen molar-refractivity contribution in [2.45, 2.75) is 0 Å². The fourth-order valence-electron chi connectivity index (χ4n) is 2.35. The van der Waals surface area contributed by atoms with Crippen molar-refractivity contribution in [3.8, 4) is 5.75 Å². The molecule has 1 saturated heterocycles. The zero-order valence-corrected chi connectivity index (χ0v) is 14.6. The average molecular weight is 389 g/mol. The summed E-state index contributed by atoms with van der Waals surface area (Å²) in [6.07, 6.45) is 1.64. The molecule has 4 nitrogen and oxygen atoms in total. The van der Waals surface area contributed by atoms with Crippen LogP contribution < -0.4 is 4.90 Å². The summed E-state index contributed by atoms with van der Waals surface area (Å²) in [6.45, 7) is 0. The standard InChI is InChI=1S/C17H13BrN2O2S/c1-19-16(22)14(10-11-9-12(18)7-8-15(11)21)20(17(19)23)13-5-3-2-4-6-13/h2-10,21H,1H3/b14-10+. The van der Waals surface area contributed by atoms with E-state index in [-0.39, 0.29) is 11.7 Å². The van der Waals surface area contributed by atoms with Crippen molar-refractivity contribution in [1.29, 1.82) is 0 Å². The van der Waals surface area contributed by atoms with Gasteiger partial charge in [-0.25, -0.2) is 0 Å². The number of halogens is 1. The van der Waals surface area contributed by atoms with E-state index in [0.717, 1.165) is 10.2 Å². The molecule has 1 amide bonds. The molecule has 0 saturated carbocycles. The van der Waals surface area contributed by atoms with Crippen molar-refractivity contribution in [1.82, 2.24) is 4.90 Å². The van der Waals surface area contributed by atoms with Crippen LogP contribution >= 0.6 is 28.1 Å². The van der Waals surface area contributed by atoms with E-state index in [9.17, 15) is 9.90 Å². The summed E-state index contributed by atoms with van der Waals surface area (Å²) in [4.78, 5) is 15.7. The van der Waals surface area contributed by atoms with Crippen molar-refractivity contribution >= 4 is 50.9 Å². The highest BCUT2D eigenvalue weighted by molar-refractivity contribution is 9.10. The van der Waals surface area contributed by atoms with E-state index in [0.29, 0.717) is 16.4 Å². The van der Waals surface area contributed by atoms with Crippen LogP contribution in [0.2, 0.25) is 0 Å². The largest absolute Gasteiger partial charge is 0.507 e. The molecule has 0 bridgehead atoms. The molecule has 1 aliphatic heterocycles. The average Bonchev–Trinajstić information content (AvgIpc) is 2.76. The number of amides is 1. The molecule has 1 aliphatic rings. The van der Waals surface area contributed by atoms with Gasteiger partial charge in [0.1, 0.15) is 11.4 Å². The highest BCUT2D eigenvalue weighted by atomic mass is 79.9. The second-order valence-electron chi connectivity index (χ2n) is 5.05. The van der Waals surface area contributed by atoms with Crippen LogP contribution in [0.25, 0.3) is 6.08 Å². The van der Waals surface area contributed by atoms with Crippen LogP contribution in [0.5, 0.6) is 5.75 Å². The molecule has 1 N–H and O–H groups in total. The molecule has 0 spiro atoms. The number of phenolic OH excluding ortho intramolecular Hbond substituents is 1. The minimum Gasteiger partial charge on any atom is -0.507 e. The number of hydrogen-bond acceptors (Lipinski definition) is 3. The summed E-state index contributed by atoms with van der Waals surface area (Å²) >= 11 is 8.76. The lowest BCUT2D eigenvalue weighted by Crippen LogP contribution is -2.29. The van der Waals surface area contributed by atoms with Gasteiger partial charge in [-0.05, 0) is 48.6 Å². The molecule has 23 heavy (non-hydrogen) atoms. The summed E-state index contributed by atoms with van der Waals surface area (Å²) in [5, 5.41) is 10.4. The number of likely N-dealkylation sites (N-methyl/N-ethyl adjacent to an activating group) is 1. The number of carbonyl (C=O) groups excluding carboxylic acids is 1. The smallest absolute Gasteiger partial charge is 0.276 e. The highest BCUT2D eigenvalue weighted by Gasteiger charge is 2.36. The molecule has 116 valence electrons. The van der Waals surface area contributed by atoms with Crippen LogP contribution in [-0.2, 0) is 4.79 Å². The zero-order valence-electron chi connectivity index (χ0n) is 12.2. The third kappa shape index (κ3) is 2.87. The van der Waals surface area contributed by atoms with Crippen molar-refractivity contribution in [2.75, 3.05) is 11.9 Å². The highest BCUT2D eigenvalue weighted by Crippen LogP contribution is 2.31. The van der Waals surface area contributed by atoms with Crippen molar-refractivity contribution < 1.29 is 9.90 Å². The first-order valence-electron chi connectivity index (χ1n) is 6.86. The number of phenols is 1. The molecular formula is C17H13BrN2O2S. The maximum Gasteiger partial charge on any atom is 0.276 e. The van der Waals surface area contributed by atoms with Gasteiger partial charge in [0.15, 0.2) is 5.11 Å². The number of benzene rings is 2. The number of anilines is 1. The van der Waals surface area contributed by atoms with Crippen LogP contribution in [0, 0.1) is 0 Å². The molecule has 0 atom stereocenters. The van der Waals surface area contributed by atoms with Crippen LogP contribution in [0.3, 0.4) is 0 Å². The van der Waals surface area contributed by atoms with Crippen molar-refractivity contribution in [2.24, 2.45) is 0 Å². The minimum absolute atomic E-state index is 0.0991. The van der Waals surface area contributed by atoms with E-state index in [4.69, 9.17) is 12.2 Å². The Morgan fingerprint density at radius 1 is 1.17 bits per heavy atom. The van der Waals surface area contributed by atoms with Crippen molar-refractivity contribution in [3.05, 3.63) is 64.3 Å². The van der Waals surface area contributed by atoms with Gasteiger partial charge in [0.05, 0.1) is 0 Å². The van der Waals surface area contributed by atoms with E-state index in [1.165, 1.54) is 4.90 Å². The Labute approximate surface area is 147 Å². The number of carbonyl (C=O) groups is 1. The van der Waals surface area contributed by atoms with Gasteiger partial charge in [-0.2, -0.15) is 0 Å². The first-order valence-corrected chi connectivity index (χ1v) is 8.06. The van der Waals surface area contributed by atoms with Gasteiger partial charge < -0.3 is 5.11 Å². The Kier molecular flexibility index (Phi) is 4.19. The van der Waals surface area contributed by atoms with E-state index in [2.05, 4.69) is 15.9 Å². The maximum atomic E-state index is 12.5. The quantitative estimate of drug-likeness (QED) is 0.628. The Morgan fingerprint density at radius 3 is 2.57 bits per heavy atom. The molecule has 3 rings (SSSR count). The van der Waals surface area contributed by atoms with Crippen LogP contribution in [0.1, 0.15) is 5.56 Å². The second-order valence-corrected chi connectivity index (χ2v) is 6.33. The first kappa shape index (κ1) is 15.7. The Morgan fingerprint density at radius 2 is 1.87 bits per heavy atom. The molecule has 0 aliphatic carbocycles. The molecule has 6 heteroatoms. The van der Waals surface area contributed by atoms with Crippen LogP contribution in [0.15, 0.2) is 58.7 Å². The zero-order chi connectivity index (χ0) is 16.6. The number of rotatable bonds is 2. The first-order chi connectivity index (χ1) is 11.0. The summed E-state index contributed by atoms with van der Waals surface area (Å²) in [7, 11) is 1.64. The number of nitrogens with zero attached hydrogens (tertiary/aromatic N) is 2. The van der Waals surface area contributed by atoms with Crippen LogP contribution in [-0.4, -0.2) is 28.1 Å². The molecule has 2 aromatic rings. The van der Waals surface area contributed by atoms with Gasteiger partial charge in [-0.1, -0.05) is 34.1 Å². The molecule has 0 radical (unpaired) electrons. The number of hydrogen-bond donors (Lipinski definition) is 1. The lowest BCUT2D eigenvalue weighted by Gasteiger charge is -2.18. The van der Waals surface area contributed by atoms with E-state index in [1.807, 2.05) is 30.3 Å². The molecular weight excluding hydrogens is 376 g/mol. The Balaban J connectivity index is 2.14. The molecule has 1 heterocycles. The van der Waals surface area contributed by atoms with Gasteiger partial charge in [0, 0.05) is 22.8 Å². The number of aromatic hydroxyl groups is 1. The Hall–Kier alpha value is -2.18.